The summed E-state index contributed by atoms with van der Waals surface area (Å²) in [5.41, 5.74) is 2.95. The lowest BCUT2D eigenvalue weighted by Gasteiger charge is -2.20. The highest BCUT2D eigenvalue weighted by Crippen LogP contribution is 2.37. The number of fused-ring (bicyclic) bond motifs is 1. The number of hydrogen-bond donors (Lipinski definition) is 0. The van der Waals surface area contributed by atoms with E-state index in [-0.39, 0.29) is 12.5 Å². The number of hydrogen-bond acceptors (Lipinski definition) is 3. The lowest BCUT2D eigenvalue weighted by Crippen LogP contribution is -2.34. The highest BCUT2D eigenvalue weighted by Gasteiger charge is 2.15. The van der Waals surface area contributed by atoms with Crippen LogP contribution in [0.25, 0.3) is 21.9 Å². The maximum absolute atomic E-state index is 12.4. The lowest BCUT2D eigenvalue weighted by atomic mass is 9.96. The Bertz CT molecular complexity index is 999. The number of rotatable bonds is 7. The minimum atomic E-state index is -0.0199. The summed E-state index contributed by atoms with van der Waals surface area (Å²) >= 11 is 0. The molecule has 0 bridgehead atoms. The Hall–Kier alpha value is -3.32. The van der Waals surface area contributed by atoms with Gasteiger partial charge < -0.3 is 9.64 Å². The van der Waals surface area contributed by atoms with Crippen molar-refractivity contribution in [1.29, 1.82) is 5.26 Å². The van der Waals surface area contributed by atoms with E-state index in [2.05, 4.69) is 18.2 Å². The van der Waals surface area contributed by atoms with Gasteiger partial charge in [-0.05, 0) is 41.8 Å². The summed E-state index contributed by atoms with van der Waals surface area (Å²) in [6, 6.07) is 22.2. The SMILES string of the molecule is CCN(CC)C(=O)COc1ccc2ccccc2c1-c1ccc(CC#N)cc1. The van der Waals surface area contributed by atoms with Crippen molar-refractivity contribution in [3.8, 4) is 22.9 Å². The molecule has 0 aliphatic heterocycles. The van der Waals surface area contributed by atoms with Gasteiger partial charge in [-0.3, -0.25) is 4.79 Å². The molecular weight excluding hydrogens is 348 g/mol. The molecule has 0 unspecified atom stereocenters. The average molecular weight is 372 g/mol. The predicted molar refractivity (Wildman–Crippen MR) is 112 cm³/mol. The Kier molecular flexibility index (Phi) is 6.29. The van der Waals surface area contributed by atoms with E-state index in [0.29, 0.717) is 25.3 Å². The van der Waals surface area contributed by atoms with Crippen LogP contribution in [0.4, 0.5) is 0 Å². The summed E-state index contributed by atoms with van der Waals surface area (Å²) in [4.78, 5) is 14.1. The highest BCUT2D eigenvalue weighted by molar-refractivity contribution is 5.99. The molecule has 1 amide bonds. The second-order valence-corrected chi connectivity index (χ2v) is 6.55. The second kappa shape index (κ2) is 9.05. The van der Waals surface area contributed by atoms with Gasteiger partial charge in [-0.2, -0.15) is 5.26 Å². The molecule has 28 heavy (non-hydrogen) atoms. The fourth-order valence-corrected chi connectivity index (χ4v) is 3.36. The van der Waals surface area contributed by atoms with Crippen LogP contribution >= 0.6 is 0 Å². The first kappa shape index (κ1) is 19.4. The van der Waals surface area contributed by atoms with Crippen molar-refractivity contribution in [2.75, 3.05) is 19.7 Å². The van der Waals surface area contributed by atoms with E-state index in [1.54, 1.807) is 4.90 Å². The summed E-state index contributed by atoms with van der Waals surface area (Å²) in [6.07, 6.45) is 0.386. The van der Waals surface area contributed by atoms with E-state index >= 15 is 0 Å². The number of likely N-dealkylation sites (N-methyl/N-ethyl adjacent to an activating group) is 1. The number of carbonyl (C=O) groups is 1. The van der Waals surface area contributed by atoms with Crippen LogP contribution < -0.4 is 4.74 Å². The van der Waals surface area contributed by atoms with Crippen molar-refractivity contribution in [1.82, 2.24) is 4.90 Å². The molecule has 0 heterocycles. The fraction of sp³-hybridized carbons (Fsp3) is 0.250. The number of ether oxygens (including phenoxy) is 1. The quantitative estimate of drug-likeness (QED) is 0.597. The summed E-state index contributed by atoms with van der Waals surface area (Å²) in [6.45, 7) is 5.28. The maximum Gasteiger partial charge on any atom is 0.260 e. The standard InChI is InChI=1S/C24H24N2O2/c1-3-26(4-2)23(27)17-28-22-14-13-19-7-5-6-8-21(19)24(22)20-11-9-18(10-12-20)15-16-25/h5-14H,3-4,15,17H2,1-2H3. The number of carbonyl (C=O) groups excluding carboxylic acids is 1. The first-order valence-corrected chi connectivity index (χ1v) is 9.56. The molecular formula is C24H24N2O2. The van der Waals surface area contributed by atoms with E-state index in [9.17, 15) is 4.79 Å². The van der Waals surface area contributed by atoms with Gasteiger partial charge >= 0.3 is 0 Å². The fourth-order valence-electron chi connectivity index (χ4n) is 3.36. The van der Waals surface area contributed by atoms with Gasteiger partial charge in [-0.15, -0.1) is 0 Å². The number of nitriles is 1. The van der Waals surface area contributed by atoms with E-state index in [1.807, 2.05) is 62.4 Å². The van der Waals surface area contributed by atoms with E-state index in [0.717, 1.165) is 27.5 Å². The van der Waals surface area contributed by atoms with Crippen LogP contribution in [0.15, 0.2) is 60.7 Å². The van der Waals surface area contributed by atoms with Gasteiger partial charge in [0.05, 0.1) is 12.5 Å². The molecule has 142 valence electrons. The van der Waals surface area contributed by atoms with Crippen molar-refractivity contribution in [2.24, 2.45) is 0 Å². The van der Waals surface area contributed by atoms with Crippen LogP contribution in [0.2, 0.25) is 0 Å². The van der Waals surface area contributed by atoms with Crippen molar-refractivity contribution >= 4 is 16.7 Å². The zero-order valence-electron chi connectivity index (χ0n) is 16.3. The Labute approximate surface area is 166 Å². The average Bonchev–Trinajstić information content (AvgIpc) is 2.73. The summed E-state index contributed by atoms with van der Waals surface area (Å²) < 4.78 is 5.98. The van der Waals surface area contributed by atoms with Gasteiger partial charge in [0, 0.05) is 18.7 Å². The Balaban J connectivity index is 1.99. The van der Waals surface area contributed by atoms with E-state index < -0.39 is 0 Å². The minimum absolute atomic E-state index is 0.0134. The molecule has 0 spiro atoms. The van der Waals surface area contributed by atoms with Crippen LogP contribution in [-0.2, 0) is 11.2 Å². The molecule has 0 aromatic heterocycles. The maximum atomic E-state index is 12.4. The molecule has 0 saturated carbocycles. The highest BCUT2D eigenvalue weighted by atomic mass is 16.5. The minimum Gasteiger partial charge on any atom is -0.483 e. The lowest BCUT2D eigenvalue weighted by molar-refractivity contribution is -0.132. The third-order valence-corrected chi connectivity index (χ3v) is 4.88. The summed E-state index contributed by atoms with van der Waals surface area (Å²) in [5.74, 6) is 0.667. The van der Waals surface area contributed by atoms with Crippen molar-refractivity contribution in [2.45, 2.75) is 20.3 Å². The predicted octanol–water partition coefficient (Wildman–Crippen LogP) is 4.82. The van der Waals surface area contributed by atoms with Crippen LogP contribution in [-0.4, -0.2) is 30.5 Å². The Morgan fingerprint density at radius 2 is 1.71 bits per heavy atom. The molecule has 0 atom stereocenters. The molecule has 4 heteroatoms. The molecule has 3 aromatic rings. The Morgan fingerprint density at radius 1 is 1.00 bits per heavy atom. The second-order valence-electron chi connectivity index (χ2n) is 6.55. The first-order chi connectivity index (χ1) is 13.7. The first-order valence-electron chi connectivity index (χ1n) is 9.56. The molecule has 3 rings (SSSR count). The molecule has 3 aromatic carbocycles. The molecule has 0 N–H and O–H groups in total. The summed E-state index contributed by atoms with van der Waals surface area (Å²) in [5, 5.41) is 11.1. The van der Waals surface area contributed by atoms with Crippen LogP contribution in [0, 0.1) is 11.3 Å². The third-order valence-electron chi connectivity index (χ3n) is 4.88. The zero-order chi connectivity index (χ0) is 19.9. The zero-order valence-corrected chi connectivity index (χ0v) is 16.3. The number of nitrogens with zero attached hydrogens (tertiary/aromatic N) is 2. The monoisotopic (exact) mass is 372 g/mol. The smallest absolute Gasteiger partial charge is 0.260 e. The van der Waals surface area contributed by atoms with Gasteiger partial charge in [0.15, 0.2) is 6.61 Å². The molecule has 0 aliphatic carbocycles. The third kappa shape index (κ3) is 4.15. The number of amides is 1. The normalized spacial score (nSPS) is 10.5. The van der Waals surface area contributed by atoms with Crippen LogP contribution in [0.1, 0.15) is 19.4 Å². The van der Waals surface area contributed by atoms with Crippen LogP contribution in [0.5, 0.6) is 5.75 Å². The summed E-state index contributed by atoms with van der Waals surface area (Å²) in [7, 11) is 0. The molecule has 4 nitrogen and oxygen atoms in total. The van der Waals surface area contributed by atoms with Gasteiger partial charge in [0.25, 0.3) is 5.91 Å². The van der Waals surface area contributed by atoms with Gasteiger partial charge in [-0.1, -0.05) is 54.6 Å². The van der Waals surface area contributed by atoms with E-state index in [1.165, 1.54) is 0 Å². The molecule has 0 saturated heterocycles. The van der Waals surface area contributed by atoms with Gasteiger partial charge in [0.2, 0.25) is 0 Å². The topological polar surface area (TPSA) is 53.3 Å². The van der Waals surface area contributed by atoms with Gasteiger partial charge in [-0.25, -0.2) is 0 Å². The van der Waals surface area contributed by atoms with E-state index in [4.69, 9.17) is 10.00 Å². The van der Waals surface area contributed by atoms with Crippen molar-refractivity contribution in [3.63, 3.8) is 0 Å². The van der Waals surface area contributed by atoms with Crippen molar-refractivity contribution < 1.29 is 9.53 Å². The number of benzene rings is 3. The molecule has 0 radical (unpaired) electrons. The van der Waals surface area contributed by atoms with Crippen LogP contribution in [0.3, 0.4) is 0 Å². The molecule has 0 fully saturated rings. The van der Waals surface area contributed by atoms with Crippen molar-refractivity contribution in [3.05, 3.63) is 66.2 Å². The molecule has 0 aliphatic rings. The largest absolute Gasteiger partial charge is 0.483 e. The van der Waals surface area contributed by atoms with Gasteiger partial charge in [0.1, 0.15) is 5.75 Å². The Morgan fingerprint density at radius 3 is 2.39 bits per heavy atom.